The van der Waals surface area contributed by atoms with Gasteiger partial charge in [0, 0.05) is 31.7 Å². The van der Waals surface area contributed by atoms with E-state index in [2.05, 4.69) is 45.0 Å². The third-order valence-electron chi connectivity index (χ3n) is 11.0. The van der Waals surface area contributed by atoms with Crippen molar-refractivity contribution in [1.29, 1.82) is 0 Å². The summed E-state index contributed by atoms with van der Waals surface area (Å²) < 4.78 is 72.6. The minimum atomic E-state index is -0.186. The Balaban J connectivity index is 0.000000227. The molecule has 0 spiro atoms. The van der Waals surface area contributed by atoms with Crippen molar-refractivity contribution in [2.75, 3.05) is 120 Å². The van der Waals surface area contributed by atoms with Gasteiger partial charge in [-0.2, -0.15) is 0 Å². The highest BCUT2D eigenvalue weighted by molar-refractivity contribution is 5.41. The molecule has 0 aromatic heterocycles. The van der Waals surface area contributed by atoms with Crippen molar-refractivity contribution in [3.8, 4) is 11.5 Å². The van der Waals surface area contributed by atoms with Gasteiger partial charge in [0.1, 0.15) is 61.3 Å². The summed E-state index contributed by atoms with van der Waals surface area (Å²) in [5, 5.41) is 0. The van der Waals surface area contributed by atoms with Crippen molar-refractivity contribution in [1.82, 2.24) is 0 Å². The van der Waals surface area contributed by atoms with E-state index >= 15 is 0 Å². The lowest BCUT2D eigenvalue weighted by Gasteiger charge is -2.32. The summed E-state index contributed by atoms with van der Waals surface area (Å²) in [4.78, 5) is 0. The van der Waals surface area contributed by atoms with E-state index in [1.807, 2.05) is 24.3 Å². The molecular weight excluding hydrogens is 748 g/mol. The first-order valence-electron chi connectivity index (χ1n) is 21.1. The average Bonchev–Trinajstić information content (AvgIpc) is 4.01. The fourth-order valence-electron chi connectivity index (χ4n) is 6.26. The third kappa shape index (κ3) is 16.6. The molecule has 7 rings (SSSR count). The molecule has 1 aliphatic carbocycles. The molecule has 0 radical (unpaired) electrons. The van der Waals surface area contributed by atoms with Crippen molar-refractivity contribution >= 4 is 0 Å². The molecule has 1 saturated carbocycles. The highest BCUT2D eigenvalue weighted by Crippen LogP contribution is 2.34. The normalized spacial score (nSPS) is 23.9. The summed E-state index contributed by atoms with van der Waals surface area (Å²) >= 11 is 0. The van der Waals surface area contributed by atoms with Crippen LogP contribution in [-0.2, 0) is 57.5 Å². The van der Waals surface area contributed by atoms with Crippen LogP contribution in [0, 0.1) is 11.3 Å². The number of hydrogen-bond acceptors (Lipinski definition) is 13. The Morgan fingerprint density at radius 3 is 1.28 bits per heavy atom. The number of rotatable bonds is 31. The van der Waals surface area contributed by atoms with Crippen LogP contribution in [0.3, 0.4) is 0 Å². The van der Waals surface area contributed by atoms with Gasteiger partial charge < -0.3 is 61.6 Å². The van der Waals surface area contributed by atoms with Crippen LogP contribution < -0.4 is 9.47 Å². The van der Waals surface area contributed by atoms with E-state index in [1.165, 1.54) is 24.0 Å². The second-order valence-corrected chi connectivity index (χ2v) is 16.8. The number of benzene rings is 2. The average molecular weight is 817 g/mol. The van der Waals surface area contributed by atoms with Gasteiger partial charge in [-0.25, -0.2) is 0 Å². The van der Waals surface area contributed by atoms with E-state index in [4.69, 9.17) is 61.6 Å². The molecule has 13 nitrogen and oxygen atoms in total. The fraction of sp³-hybridized carbons (Fsp3) is 0.733. The molecule has 326 valence electrons. The molecule has 13 heteroatoms. The van der Waals surface area contributed by atoms with E-state index in [0.29, 0.717) is 78.3 Å². The zero-order valence-corrected chi connectivity index (χ0v) is 35.4. The van der Waals surface area contributed by atoms with Crippen LogP contribution in [0.1, 0.15) is 51.2 Å². The summed E-state index contributed by atoms with van der Waals surface area (Å²) in [5.74, 6) is 2.40. The molecule has 58 heavy (non-hydrogen) atoms. The Morgan fingerprint density at radius 2 is 0.931 bits per heavy atom. The zero-order chi connectivity index (χ0) is 40.6. The maximum Gasteiger partial charge on any atom is 0.119 e. The molecule has 6 unspecified atom stereocenters. The third-order valence-corrected chi connectivity index (χ3v) is 11.0. The number of epoxide rings is 4. The number of ether oxygens (including phenoxy) is 13. The minimum absolute atomic E-state index is 0.0430. The molecule has 4 aliphatic heterocycles. The molecule has 0 N–H and O–H groups in total. The lowest BCUT2D eigenvalue weighted by Crippen LogP contribution is -2.38. The first kappa shape index (κ1) is 45.1. The molecule has 5 aliphatic rings. The van der Waals surface area contributed by atoms with E-state index < -0.39 is 0 Å². The largest absolute Gasteiger partial charge is 0.491 e. The van der Waals surface area contributed by atoms with Crippen molar-refractivity contribution in [3.63, 3.8) is 0 Å². The molecule has 5 fully saturated rings. The van der Waals surface area contributed by atoms with Gasteiger partial charge in [0.25, 0.3) is 0 Å². The minimum Gasteiger partial charge on any atom is -0.491 e. The molecule has 2 aromatic rings. The zero-order valence-electron chi connectivity index (χ0n) is 35.4. The molecule has 2 aromatic carbocycles. The van der Waals surface area contributed by atoms with Crippen LogP contribution in [0.2, 0.25) is 0 Å². The van der Waals surface area contributed by atoms with Crippen LogP contribution in [-0.4, -0.2) is 157 Å². The molecule has 0 amide bonds. The second kappa shape index (κ2) is 23.0. The lowest BCUT2D eigenvalue weighted by molar-refractivity contribution is -0.0761. The van der Waals surface area contributed by atoms with Crippen molar-refractivity contribution < 1.29 is 61.6 Å². The molecule has 6 atom stereocenters. The molecule has 4 saturated heterocycles. The quantitative estimate of drug-likeness (QED) is 0.0917. The van der Waals surface area contributed by atoms with E-state index in [9.17, 15) is 0 Å². The topological polar surface area (TPSA) is 133 Å². The van der Waals surface area contributed by atoms with Gasteiger partial charge in [-0.3, -0.25) is 0 Å². The number of hydrogen-bond donors (Lipinski definition) is 0. The maximum absolute atomic E-state index is 5.97. The predicted molar refractivity (Wildman–Crippen MR) is 216 cm³/mol. The summed E-state index contributed by atoms with van der Waals surface area (Å²) in [6, 6.07) is 16.5. The van der Waals surface area contributed by atoms with Gasteiger partial charge >= 0.3 is 0 Å². The van der Waals surface area contributed by atoms with Gasteiger partial charge in [-0.05, 0) is 60.6 Å². The summed E-state index contributed by atoms with van der Waals surface area (Å²) in [5.41, 5.74) is 2.16. The Labute approximate surface area is 345 Å². The highest BCUT2D eigenvalue weighted by Gasteiger charge is 2.34. The molecule has 4 heterocycles. The van der Waals surface area contributed by atoms with Crippen LogP contribution >= 0.6 is 0 Å². The van der Waals surface area contributed by atoms with Crippen molar-refractivity contribution in [2.24, 2.45) is 11.3 Å². The van der Waals surface area contributed by atoms with Crippen molar-refractivity contribution in [3.05, 3.63) is 59.7 Å². The Hall–Kier alpha value is -2.40. The SMILES string of the molecule is CCC(COCC1CC1)(COCC1CO1)COCC1CO1.COCC(COc1ccc(C(C)(C)c2ccc(OCC(COC)OCC3CO3)cc2)cc1)OCC1CO1. The Kier molecular flexibility index (Phi) is 17.9. The van der Waals surface area contributed by atoms with E-state index in [1.54, 1.807) is 14.2 Å². The Morgan fingerprint density at radius 1 is 0.552 bits per heavy atom. The van der Waals surface area contributed by atoms with Crippen LogP contribution in [0.25, 0.3) is 0 Å². The first-order valence-corrected chi connectivity index (χ1v) is 21.1. The summed E-state index contributed by atoms with van der Waals surface area (Å²) in [6.07, 6.45) is 4.44. The van der Waals surface area contributed by atoms with Gasteiger partial charge in [-0.15, -0.1) is 0 Å². The molecule has 0 bridgehead atoms. The van der Waals surface area contributed by atoms with E-state index in [-0.39, 0.29) is 35.2 Å². The van der Waals surface area contributed by atoms with Crippen molar-refractivity contribution in [2.45, 2.75) is 82.1 Å². The number of methoxy groups -OCH3 is 2. The second-order valence-electron chi connectivity index (χ2n) is 16.8. The fourth-order valence-corrected chi connectivity index (χ4v) is 6.26. The highest BCUT2D eigenvalue weighted by atomic mass is 16.6. The predicted octanol–water partition coefficient (Wildman–Crippen LogP) is 5.27. The van der Waals surface area contributed by atoms with Gasteiger partial charge in [0.05, 0.1) is 85.9 Å². The maximum atomic E-state index is 5.97. The Bertz CT molecular complexity index is 1300. The van der Waals surface area contributed by atoms with Crippen LogP contribution in [0.15, 0.2) is 48.5 Å². The standard InChI is InChI=1S/C29H40O8.C16H28O5/c1-29(2,21-5-9-23(10-6-21)32-15-25(13-30-3)34-17-27-19-36-27)22-7-11-24(12-8-22)33-16-26(14-31-4)35-18-28-20-37-28;1-2-16(10-17-5-13-3-4-13,11-18-6-14-8-20-14)12-19-7-15-9-21-15/h5-12,25-28H,13-20H2,1-4H3;13-15H,2-12H2,1H3. The monoisotopic (exact) mass is 816 g/mol. The first-order chi connectivity index (χ1) is 28.3. The van der Waals surface area contributed by atoms with Gasteiger partial charge in [-0.1, -0.05) is 45.0 Å². The van der Waals surface area contributed by atoms with Gasteiger partial charge in [0.2, 0.25) is 0 Å². The van der Waals surface area contributed by atoms with Crippen LogP contribution in [0.5, 0.6) is 11.5 Å². The lowest BCUT2D eigenvalue weighted by atomic mass is 9.78. The van der Waals surface area contributed by atoms with Crippen LogP contribution in [0.4, 0.5) is 0 Å². The molecular formula is C45H68O13. The summed E-state index contributed by atoms with van der Waals surface area (Å²) in [7, 11) is 3.33. The van der Waals surface area contributed by atoms with Gasteiger partial charge in [0.15, 0.2) is 0 Å². The van der Waals surface area contributed by atoms with E-state index in [0.717, 1.165) is 63.5 Å². The summed E-state index contributed by atoms with van der Waals surface area (Å²) in [6.45, 7) is 17.1. The smallest absolute Gasteiger partial charge is 0.119 e.